The Bertz CT molecular complexity index is 1780. The standard InChI is InChI=1S/C22H16N2O5S/c1-10-4-3-5-16-19(10)22(26)14-9-18-13(8-17(14)23-16)21(25)15-7-12(30(27,28)29)6-11(2)20(15)24-18/h3-9H,1-2H3,(H,23,26)(H,24,25)(H,27,28,29). The van der Waals surface area contributed by atoms with Crippen molar-refractivity contribution in [2.24, 2.45) is 0 Å². The predicted molar refractivity (Wildman–Crippen MR) is 117 cm³/mol. The Morgan fingerprint density at radius 2 is 1.43 bits per heavy atom. The van der Waals surface area contributed by atoms with Gasteiger partial charge in [-0.05, 0) is 55.3 Å². The maximum absolute atomic E-state index is 13.2. The van der Waals surface area contributed by atoms with Crippen LogP contribution in [0.5, 0.6) is 0 Å². The Labute approximate surface area is 169 Å². The quantitative estimate of drug-likeness (QED) is 0.283. The molecule has 5 rings (SSSR count). The summed E-state index contributed by atoms with van der Waals surface area (Å²) in [6.07, 6.45) is 0. The molecule has 0 saturated heterocycles. The molecule has 2 heterocycles. The van der Waals surface area contributed by atoms with E-state index in [1.807, 2.05) is 19.1 Å². The van der Waals surface area contributed by atoms with Gasteiger partial charge in [0.2, 0.25) is 0 Å². The second-order valence-electron chi connectivity index (χ2n) is 7.49. The Morgan fingerprint density at radius 1 is 0.767 bits per heavy atom. The van der Waals surface area contributed by atoms with E-state index in [2.05, 4.69) is 9.97 Å². The molecule has 0 aliphatic carbocycles. The smallest absolute Gasteiger partial charge is 0.294 e. The Morgan fingerprint density at radius 3 is 2.13 bits per heavy atom. The third-order valence-electron chi connectivity index (χ3n) is 5.53. The highest BCUT2D eigenvalue weighted by Gasteiger charge is 2.17. The van der Waals surface area contributed by atoms with Gasteiger partial charge < -0.3 is 9.97 Å². The molecule has 0 spiro atoms. The SMILES string of the molecule is Cc1cc(S(=O)(=O)O)cc2c(=O)c3cc4[nH]c5cccc(C)c5c(=O)c4cc3[nH]c12. The molecule has 0 radical (unpaired) electrons. The first kappa shape index (κ1) is 18.5. The minimum atomic E-state index is -4.46. The van der Waals surface area contributed by atoms with Crippen LogP contribution in [0.3, 0.4) is 0 Å². The van der Waals surface area contributed by atoms with Gasteiger partial charge in [0.05, 0.1) is 27.0 Å². The highest BCUT2D eigenvalue weighted by atomic mass is 32.2. The lowest BCUT2D eigenvalue weighted by atomic mass is 10.0. The zero-order valence-electron chi connectivity index (χ0n) is 16.0. The Balaban J connectivity index is 1.98. The second kappa shape index (κ2) is 6.01. The van der Waals surface area contributed by atoms with Gasteiger partial charge in [-0.2, -0.15) is 8.42 Å². The minimum absolute atomic E-state index is 0.127. The van der Waals surface area contributed by atoms with Gasteiger partial charge in [-0.15, -0.1) is 0 Å². The summed E-state index contributed by atoms with van der Waals surface area (Å²) in [5.74, 6) is 0. The molecule has 7 nitrogen and oxygen atoms in total. The lowest BCUT2D eigenvalue weighted by Gasteiger charge is -2.10. The largest absolute Gasteiger partial charge is 0.354 e. The number of aromatic amines is 2. The van der Waals surface area contributed by atoms with Gasteiger partial charge in [-0.25, -0.2) is 0 Å². The Hall–Kier alpha value is -3.49. The van der Waals surface area contributed by atoms with Gasteiger partial charge in [0.25, 0.3) is 10.1 Å². The summed E-state index contributed by atoms with van der Waals surface area (Å²) >= 11 is 0. The highest BCUT2D eigenvalue weighted by Crippen LogP contribution is 2.25. The fourth-order valence-corrected chi connectivity index (χ4v) is 4.66. The van der Waals surface area contributed by atoms with E-state index in [0.29, 0.717) is 43.8 Å². The van der Waals surface area contributed by atoms with Crippen molar-refractivity contribution in [1.29, 1.82) is 0 Å². The summed E-state index contributed by atoms with van der Waals surface area (Å²) in [6, 6.07) is 11.2. The molecule has 5 aromatic rings. The number of hydrogen-bond donors (Lipinski definition) is 3. The van der Waals surface area contributed by atoms with Crippen LogP contribution in [0.2, 0.25) is 0 Å². The zero-order valence-corrected chi connectivity index (χ0v) is 16.8. The van der Waals surface area contributed by atoms with E-state index in [-0.39, 0.29) is 21.1 Å². The van der Waals surface area contributed by atoms with Gasteiger partial charge >= 0.3 is 0 Å². The summed E-state index contributed by atoms with van der Waals surface area (Å²) in [4.78, 5) is 32.3. The molecule has 8 heteroatoms. The van der Waals surface area contributed by atoms with Crippen molar-refractivity contribution >= 4 is 53.7 Å². The number of hydrogen-bond acceptors (Lipinski definition) is 4. The van der Waals surface area contributed by atoms with Crippen molar-refractivity contribution in [3.8, 4) is 0 Å². The van der Waals surface area contributed by atoms with Crippen LogP contribution in [0.25, 0.3) is 43.6 Å². The number of benzene rings is 3. The summed E-state index contributed by atoms with van der Waals surface area (Å²) in [5, 5.41) is 1.51. The van der Waals surface area contributed by atoms with Crippen molar-refractivity contribution in [3.63, 3.8) is 0 Å². The first-order valence-electron chi connectivity index (χ1n) is 9.18. The molecule has 0 bridgehead atoms. The third-order valence-corrected chi connectivity index (χ3v) is 6.36. The monoisotopic (exact) mass is 420 g/mol. The zero-order chi connectivity index (χ0) is 21.4. The van der Waals surface area contributed by atoms with Crippen molar-refractivity contribution in [3.05, 3.63) is 74.0 Å². The molecule has 3 aromatic carbocycles. The minimum Gasteiger partial charge on any atom is -0.354 e. The van der Waals surface area contributed by atoms with Crippen LogP contribution in [-0.4, -0.2) is 22.9 Å². The van der Waals surface area contributed by atoms with E-state index in [1.165, 1.54) is 6.07 Å². The molecule has 3 N–H and O–H groups in total. The maximum atomic E-state index is 13.2. The average molecular weight is 420 g/mol. The number of aryl methyl sites for hydroxylation is 2. The lowest BCUT2D eigenvalue weighted by Crippen LogP contribution is -2.10. The molecule has 0 fully saturated rings. The molecule has 0 aliphatic rings. The summed E-state index contributed by atoms with van der Waals surface area (Å²) in [6.45, 7) is 3.51. The molecule has 0 amide bonds. The van der Waals surface area contributed by atoms with Crippen LogP contribution in [0.15, 0.2) is 56.9 Å². The van der Waals surface area contributed by atoms with Crippen molar-refractivity contribution in [2.75, 3.05) is 0 Å². The summed E-state index contributed by atoms with van der Waals surface area (Å²) < 4.78 is 32.5. The number of pyridine rings is 2. The van der Waals surface area contributed by atoms with Crippen LogP contribution in [0, 0.1) is 13.8 Å². The van der Waals surface area contributed by atoms with E-state index in [9.17, 15) is 22.6 Å². The van der Waals surface area contributed by atoms with Gasteiger partial charge in [0, 0.05) is 21.5 Å². The molecular weight excluding hydrogens is 404 g/mol. The van der Waals surface area contributed by atoms with Crippen LogP contribution in [0.1, 0.15) is 11.1 Å². The van der Waals surface area contributed by atoms with Gasteiger partial charge in [-0.3, -0.25) is 14.1 Å². The van der Waals surface area contributed by atoms with Crippen LogP contribution in [0.4, 0.5) is 0 Å². The van der Waals surface area contributed by atoms with Gasteiger partial charge in [-0.1, -0.05) is 12.1 Å². The molecule has 2 aromatic heterocycles. The van der Waals surface area contributed by atoms with Crippen molar-refractivity contribution in [1.82, 2.24) is 9.97 Å². The maximum Gasteiger partial charge on any atom is 0.294 e. The van der Waals surface area contributed by atoms with Crippen LogP contribution < -0.4 is 10.9 Å². The van der Waals surface area contributed by atoms with E-state index >= 15 is 0 Å². The van der Waals surface area contributed by atoms with E-state index in [4.69, 9.17) is 0 Å². The van der Waals surface area contributed by atoms with Crippen molar-refractivity contribution in [2.45, 2.75) is 18.7 Å². The van der Waals surface area contributed by atoms with E-state index < -0.39 is 10.1 Å². The molecule has 0 aliphatic heterocycles. The lowest BCUT2D eigenvalue weighted by molar-refractivity contribution is 0.483. The number of rotatable bonds is 1. The highest BCUT2D eigenvalue weighted by molar-refractivity contribution is 7.85. The normalized spacial score (nSPS) is 12.4. The summed E-state index contributed by atoms with van der Waals surface area (Å²) in [7, 11) is -4.46. The number of H-pyrrole nitrogens is 2. The fraction of sp³-hybridized carbons (Fsp3) is 0.0909. The van der Waals surface area contributed by atoms with Crippen LogP contribution in [-0.2, 0) is 10.1 Å². The molecular formula is C22H16N2O5S. The number of fused-ring (bicyclic) bond motifs is 4. The first-order chi connectivity index (χ1) is 14.1. The summed E-state index contributed by atoms with van der Waals surface area (Å²) in [5.41, 5.74) is 2.94. The molecule has 0 atom stereocenters. The average Bonchev–Trinajstić information content (AvgIpc) is 2.67. The Kier molecular flexibility index (Phi) is 3.71. The molecule has 30 heavy (non-hydrogen) atoms. The van der Waals surface area contributed by atoms with Gasteiger partial charge in [0.15, 0.2) is 10.9 Å². The van der Waals surface area contributed by atoms with E-state index in [0.717, 1.165) is 11.6 Å². The van der Waals surface area contributed by atoms with E-state index in [1.54, 1.807) is 25.1 Å². The first-order valence-corrected chi connectivity index (χ1v) is 10.6. The van der Waals surface area contributed by atoms with Gasteiger partial charge in [0.1, 0.15) is 0 Å². The molecule has 150 valence electrons. The number of nitrogens with one attached hydrogen (secondary N) is 2. The fourth-order valence-electron chi connectivity index (χ4n) is 4.06. The second-order valence-corrected chi connectivity index (χ2v) is 8.91. The predicted octanol–water partition coefficient (Wildman–Crippen LogP) is 3.54. The topological polar surface area (TPSA) is 120 Å². The molecule has 0 unspecified atom stereocenters. The number of aromatic nitrogens is 2. The van der Waals surface area contributed by atoms with Crippen molar-refractivity contribution < 1.29 is 13.0 Å². The van der Waals surface area contributed by atoms with Crippen LogP contribution >= 0.6 is 0 Å². The molecule has 0 saturated carbocycles. The third kappa shape index (κ3) is 2.58.